The number of rotatable bonds is 10. The lowest BCUT2D eigenvalue weighted by molar-refractivity contribution is 0.199. The molecular weight excluding hydrogens is 458 g/mol. The van der Waals surface area contributed by atoms with Crippen molar-refractivity contribution in [3.8, 4) is 40.4 Å². The van der Waals surface area contributed by atoms with Crippen LogP contribution in [0.25, 0.3) is 22.3 Å². The summed E-state index contributed by atoms with van der Waals surface area (Å²) < 4.78 is 22.9. The van der Waals surface area contributed by atoms with Gasteiger partial charge in [-0.05, 0) is 49.9 Å². The van der Waals surface area contributed by atoms with E-state index < -0.39 is 5.43 Å². The van der Waals surface area contributed by atoms with Crippen LogP contribution in [0.15, 0.2) is 75.9 Å². The summed E-state index contributed by atoms with van der Waals surface area (Å²) in [6.45, 7) is 1.82. The van der Waals surface area contributed by atoms with Crippen LogP contribution in [0, 0.1) is 11.3 Å². The van der Waals surface area contributed by atoms with Crippen LogP contribution in [0.3, 0.4) is 0 Å². The zero-order valence-electron chi connectivity index (χ0n) is 20.2. The van der Waals surface area contributed by atoms with Crippen molar-refractivity contribution in [2.24, 2.45) is 0 Å². The molecule has 0 saturated carbocycles. The van der Waals surface area contributed by atoms with Gasteiger partial charge in [-0.15, -0.1) is 0 Å². The topological polar surface area (TPSA) is 102 Å². The number of fused-ring (bicyclic) bond motifs is 1. The normalized spacial score (nSPS) is 11.6. The highest BCUT2D eigenvalue weighted by molar-refractivity contribution is 5.86. The Morgan fingerprint density at radius 1 is 1.06 bits per heavy atom. The van der Waals surface area contributed by atoms with Crippen molar-refractivity contribution >= 4 is 11.0 Å². The Morgan fingerprint density at radius 2 is 1.86 bits per heavy atom. The van der Waals surface area contributed by atoms with Gasteiger partial charge in [-0.2, -0.15) is 5.26 Å². The van der Waals surface area contributed by atoms with Crippen LogP contribution in [0.1, 0.15) is 25.3 Å². The molecule has 0 radical (unpaired) electrons. The van der Waals surface area contributed by atoms with Crippen LogP contribution in [0.4, 0.5) is 0 Å². The molecule has 7 heteroatoms. The molecule has 1 aromatic heterocycles. The maximum atomic E-state index is 12.8. The largest absolute Gasteiger partial charge is 0.507 e. The molecule has 3 aromatic carbocycles. The van der Waals surface area contributed by atoms with Gasteiger partial charge in [0.25, 0.3) is 0 Å². The highest BCUT2D eigenvalue weighted by Gasteiger charge is 2.16. The van der Waals surface area contributed by atoms with Crippen molar-refractivity contribution < 1.29 is 23.7 Å². The fourth-order valence-electron chi connectivity index (χ4n) is 4.02. The van der Waals surface area contributed by atoms with Crippen molar-refractivity contribution in [2.45, 2.75) is 32.3 Å². The quantitative estimate of drug-likeness (QED) is 0.300. The molecule has 0 aliphatic rings. The molecule has 1 heterocycles. The van der Waals surface area contributed by atoms with E-state index in [1.165, 1.54) is 23.8 Å². The molecule has 1 atom stereocenters. The van der Waals surface area contributed by atoms with E-state index in [1.54, 1.807) is 25.3 Å². The van der Waals surface area contributed by atoms with E-state index in [1.807, 2.05) is 31.2 Å². The second kappa shape index (κ2) is 11.3. The van der Waals surface area contributed by atoms with Crippen LogP contribution < -0.4 is 19.6 Å². The number of phenolic OH excluding ortho intramolecular Hbond substituents is 1. The lowest BCUT2D eigenvalue weighted by Crippen LogP contribution is -2.12. The summed E-state index contributed by atoms with van der Waals surface area (Å²) in [6, 6.07) is 21.6. The Hall–Kier alpha value is -4.44. The Labute approximate surface area is 209 Å². The number of benzene rings is 3. The Bertz CT molecular complexity index is 1440. The Kier molecular flexibility index (Phi) is 7.76. The number of aromatic hydroxyl groups is 1. The molecule has 7 nitrogen and oxygen atoms in total. The summed E-state index contributed by atoms with van der Waals surface area (Å²) in [5.74, 6) is 1.36. The van der Waals surface area contributed by atoms with Gasteiger partial charge >= 0.3 is 0 Å². The van der Waals surface area contributed by atoms with Crippen LogP contribution in [0.5, 0.6) is 23.0 Å². The van der Waals surface area contributed by atoms with Crippen molar-refractivity contribution in [1.29, 1.82) is 5.26 Å². The smallest absolute Gasteiger partial charge is 0.197 e. The zero-order chi connectivity index (χ0) is 25.5. The predicted octanol–water partition coefficient (Wildman–Crippen LogP) is 5.87. The molecule has 4 rings (SSSR count). The lowest BCUT2D eigenvalue weighted by Gasteiger charge is -2.18. The number of hydrogen-bond donors (Lipinski definition) is 1. The predicted molar refractivity (Wildman–Crippen MR) is 137 cm³/mol. The minimum Gasteiger partial charge on any atom is -0.507 e. The summed E-state index contributed by atoms with van der Waals surface area (Å²) in [5.41, 5.74) is 1.66. The number of aryl methyl sites for hydroxylation is 1. The molecule has 0 spiro atoms. The number of phenols is 1. The SMILES string of the molecule is COc1ccc(-c2cc(=O)c3c(O)cc(OCC#N)cc3o2)cc1OC(C)CCCc1ccccc1. The first-order valence-corrected chi connectivity index (χ1v) is 11.7. The Morgan fingerprint density at radius 3 is 2.61 bits per heavy atom. The third-order valence-corrected chi connectivity index (χ3v) is 5.78. The maximum Gasteiger partial charge on any atom is 0.197 e. The first-order chi connectivity index (χ1) is 17.5. The minimum atomic E-state index is -0.400. The third kappa shape index (κ3) is 5.78. The van der Waals surface area contributed by atoms with Gasteiger partial charge in [0.1, 0.15) is 34.3 Å². The first kappa shape index (κ1) is 24.7. The average molecular weight is 486 g/mol. The fraction of sp³-hybridized carbons (Fsp3) is 0.241. The van der Waals surface area contributed by atoms with E-state index >= 15 is 0 Å². The van der Waals surface area contributed by atoms with E-state index in [4.69, 9.17) is 23.9 Å². The molecule has 1 N–H and O–H groups in total. The summed E-state index contributed by atoms with van der Waals surface area (Å²) in [4.78, 5) is 12.8. The molecule has 0 bridgehead atoms. The number of hydrogen-bond acceptors (Lipinski definition) is 7. The van der Waals surface area contributed by atoms with Gasteiger partial charge in [-0.3, -0.25) is 4.79 Å². The van der Waals surface area contributed by atoms with Gasteiger partial charge in [0.2, 0.25) is 0 Å². The molecule has 0 aliphatic heterocycles. The van der Waals surface area contributed by atoms with Crippen LogP contribution >= 0.6 is 0 Å². The van der Waals surface area contributed by atoms with Gasteiger partial charge in [0, 0.05) is 23.8 Å². The lowest BCUT2D eigenvalue weighted by atomic mass is 10.1. The molecule has 184 valence electrons. The maximum absolute atomic E-state index is 12.8. The second-order valence-corrected chi connectivity index (χ2v) is 8.41. The van der Waals surface area contributed by atoms with Gasteiger partial charge in [-0.1, -0.05) is 30.3 Å². The molecule has 0 amide bonds. The number of methoxy groups -OCH3 is 1. The van der Waals surface area contributed by atoms with E-state index in [0.717, 1.165) is 19.3 Å². The molecule has 4 aromatic rings. The summed E-state index contributed by atoms with van der Waals surface area (Å²) >= 11 is 0. The molecular formula is C29H27NO6. The monoisotopic (exact) mass is 485 g/mol. The first-order valence-electron chi connectivity index (χ1n) is 11.7. The summed E-state index contributed by atoms with van der Waals surface area (Å²) in [6.07, 6.45) is 2.75. The van der Waals surface area contributed by atoms with Gasteiger partial charge in [-0.25, -0.2) is 0 Å². The molecule has 36 heavy (non-hydrogen) atoms. The van der Waals surface area contributed by atoms with Crippen LogP contribution in [-0.4, -0.2) is 24.9 Å². The number of nitrogens with zero attached hydrogens (tertiary/aromatic N) is 1. The van der Waals surface area contributed by atoms with E-state index in [2.05, 4.69) is 12.1 Å². The fourth-order valence-corrected chi connectivity index (χ4v) is 4.02. The van der Waals surface area contributed by atoms with Crippen LogP contribution in [-0.2, 0) is 6.42 Å². The average Bonchev–Trinajstić information content (AvgIpc) is 2.87. The standard InChI is InChI=1S/C29H27NO6/c1-19(7-6-10-20-8-4-3-5-9-20)35-27-15-21(11-12-25(27)33-2)26-18-24(32)29-23(31)16-22(34-14-13-30)17-28(29)36-26/h3-5,8-9,11-12,15-19,31H,6-7,10,14H2,1-2H3. The number of ether oxygens (including phenoxy) is 3. The molecule has 0 aliphatic carbocycles. The van der Waals surface area contributed by atoms with Crippen molar-refractivity contribution in [2.75, 3.05) is 13.7 Å². The van der Waals surface area contributed by atoms with E-state index in [9.17, 15) is 9.90 Å². The molecule has 0 fully saturated rings. The molecule has 0 saturated heterocycles. The third-order valence-electron chi connectivity index (χ3n) is 5.78. The second-order valence-electron chi connectivity index (χ2n) is 8.41. The highest BCUT2D eigenvalue weighted by atomic mass is 16.5. The minimum absolute atomic E-state index is 0.0417. The van der Waals surface area contributed by atoms with Crippen molar-refractivity contribution in [3.63, 3.8) is 0 Å². The summed E-state index contributed by atoms with van der Waals surface area (Å²) in [5, 5.41) is 19.1. The zero-order valence-corrected chi connectivity index (χ0v) is 20.2. The Balaban J connectivity index is 1.57. The van der Waals surface area contributed by atoms with Crippen LogP contribution in [0.2, 0.25) is 0 Å². The van der Waals surface area contributed by atoms with Crippen molar-refractivity contribution in [3.05, 3.63) is 82.5 Å². The van der Waals surface area contributed by atoms with Gasteiger partial charge in [0.05, 0.1) is 13.2 Å². The highest BCUT2D eigenvalue weighted by Crippen LogP contribution is 2.36. The van der Waals surface area contributed by atoms with E-state index in [0.29, 0.717) is 22.8 Å². The van der Waals surface area contributed by atoms with E-state index in [-0.39, 0.29) is 35.2 Å². The van der Waals surface area contributed by atoms with Gasteiger partial charge in [0.15, 0.2) is 23.5 Å². The van der Waals surface area contributed by atoms with Crippen molar-refractivity contribution in [1.82, 2.24) is 0 Å². The molecule has 1 unspecified atom stereocenters. The summed E-state index contributed by atoms with van der Waals surface area (Å²) in [7, 11) is 1.57. The number of nitriles is 1. The van der Waals surface area contributed by atoms with Gasteiger partial charge < -0.3 is 23.7 Å².